The minimum atomic E-state index is -0.322. The van der Waals surface area contributed by atoms with Crippen molar-refractivity contribution in [3.8, 4) is 0 Å². The lowest BCUT2D eigenvalue weighted by Gasteiger charge is -2.12. The second-order valence-corrected chi connectivity index (χ2v) is 6.08. The van der Waals surface area contributed by atoms with E-state index in [1.165, 1.54) is 16.7 Å². The van der Waals surface area contributed by atoms with Crippen molar-refractivity contribution < 1.29 is 9.59 Å². The van der Waals surface area contributed by atoms with Gasteiger partial charge < -0.3 is 5.73 Å². The Labute approximate surface area is 118 Å². The predicted molar refractivity (Wildman–Crippen MR) is 75.2 cm³/mol. The van der Waals surface area contributed by atoms with Crippen molar-refractivity contribution in [1.29, 1.82) is 0 Å². The van der Waals surface area contributed by atoms with Gasteiger partial charge in [-0.2, -0.15) is 0 Å². The number of nitrogens with zero attached hydrogens (tertiary/aromatic N) is 1. The van der Waals surface area contributed by atoms with Crippen molar-refractivity contribution in [1.82, 2.24) is 4.90 Å². The van der Waals surface area contributed by atoms with Crippen molar-refractivity contribution in [2.24, 2.45) is 0 Å². The molecule has 0 radical (unpaired) electrons. The lowest BCUT2D eigenvalue weighted by atomic mass is 10.3. The summed E-state index contributed by atoms with van der Waals surface area (Å²) in [5.41, 5.74) is 6.32. The first-order valence-electron chi connectivity index (χ1n) is 5.58. The van der Waals surface area contributed by atoms with Gasteiger partial charge in [0.1, 0.15) is 0 Å². The summed E-state index contributed by atoms with van der Waals surface area (Å²) >= 11 is 4.81. The van der Waals surface area contributed by atoms with Crippen molar-refractivity contribution in [2.45, 2.75) is 23.5 Å². The smallest absolute Gasteiger partial charge is 0.243 e. The zero-order valence-electron chi connectivity index (χ0n) is 9.85. The standard InChI is InChI=1S/C12H13BrN2O2S/c1-2-15-11(16)6-10(12(15)17)18-9-4-3-7(14)5-8(9)13/h3-5,10H,2,6,14H2,1H3. The van der Waals surface area contributed by atoms with Crippen LogP contribution in [0.5, 0.6) is 0 Å². The fourth-order valence-corrected chi connectivity index (χ4v) is 3.60. The zero-order valence-corrected chi connectivity index (χ0v) is 12.3. The number of rotatable bonds is 3. The molecule has 1 saturated heterocycles. The summed E-state index contributed by atoms with van der Waals surface area (Å²) in [7, 11) is 0. The average molecular weight is 329 g/mol. The number of benzene rings is 1. The van der Waals surface area contributed by atoms with E-state index in [9.17, 15) is 9.59 Å². The second-order valence-electron chi connectivity index (χ2n) is 3.98. The van der Waals surface area contributed by atoms with Gasteiger partial charge in [-0.1, -0.05) is 0 Å². The highest BCUT2D eigenvalue weighted by atomic mass is 79.9. The number of likely N-dealkylation sites (tertiary alicyclic amines) is 1. The average Bonchev–Trinajstić information content (AvgIpc) is 2.58. The quantitative estimate of drug-likeness (QED) is 0.683. The monoisotopic (exact) mass is 328 g/mol. The Kier molecular flexibility index (Phi) is 3.97. The molecule has 96 valence electrons. The van der Waals surface area contributed by atoms with E-state index in [0.717, 1.165) is 9.37 Å². The van der Waals surface area contributed by atoms with Crippen LogP contribution in [-0.2, 0) is 9.59 Å². The van der Waals surface area contributed by atoms with Crippen molar-refractivity contribution in [2.75, 3.05) is 12.3 Å². The number of imide groups is 1. The molecule has 18 heavy (non-hydrogen) atoms. The van der Waals surface area contributed by atoms with Crippen LogP contribution >= 0.6 is 27.7 Å². The molecular weight excluding hydrogens is 316 g/mol. The third-order valence-corrected chi connectivity index (χ3v) is 4.93. The van der Waals surface area contributed by atoms with Gasteiger partial charge in [-0.3, -0.25) is 14.5 Å². The number of carbonyl (C=O) groups is 2. The molecule has 2 rings (SSSR count). The first-order valence-corrected chi connectivity index (χ1v) is 7.26. The van der Waals surface area contributed by atoms with Gasteiger partial charge >= 0.3 is 0 Å². The SMILES string of the molecule is CCN1C(=O)CC(Sc2ccc(N)cc2Br)C1=O. The Morgan fingerprint density at radius 1 is 1.50 bits per heavy atom. The molecule has 1 fully saturated rings. The first kappa shape index (κ1) is 13.4. The minimum absolute atomic E-state index is 0.0911. The van der Waals surface area contributed by atoms with Crippen LogP contribution < -0.4 is 5.73 Å². The molecule has 0 bridgehead atoms. The van der Waals surface area contributed by atoms with Gasteiger partial charge in [0, 0.05) is 28.0 Å². The number of thioether (sulfide) groups is 1. The van der Waals surface area contributed by atoms with Crippen LogP contribution in [0, 0.1) is 0 Å². The van der Waals surface area contributed by atoms with E-state index >= 15 is 0 Å². The van der Waals surface area contributed by atoms with Crippen molar-refractivity contribution >= 4 is 45.2 Å². The molecule has 2 amide bonds. The van der Waals surface area contributed by atoms with Crippen molar-refractivity contribution in [3.05, 3.63) is 22.7 Å². The summed E-state index contributed by atoms with van der Waals surface area (Å²) in [6.45, 7) is 2.25. The van der Waals surface area contributed by atoms with E-state index in [4.69, 9.17) is 5.73 Å². The molecule has 0 aromatic heterocycles. The topological polar surface area (TPSA) is 63.4 Å². The number of nitrogens with two attached hydrogens (primary N) is 1. The lowest BCUT2D eigenvalue weighted by molar-refractivity contribution is -0.137. The van der Waals surface area contributed by atoms with Gasteiger partial charge in [0.05, 0.1) is 5.25 Å². The normalized spacial score (nSPS) is 19.7. The molecule has 6 heteroatoms. The van der Waals surface area contributed by atoms with E-state index in [1.54, 1.807) is 12.1 Å². The number of amides is 2. The van der Waals surface area contributed by atoms with Crippen LogP contribution in [0.4, 0.5) is 5.69 Å². The fourth-order valence-electron chi connectivity index (χ4n) is 1.84. The Morgan fingerprint density at radius 2 is 2.22 bits per heavy atom. The molecule has 1 aliphatic rings. The Hall–Kier alpha value is -1.01. The number of hydrogen-bond donors (Lipinski definition) is 1. The fraction of sp³-hybridized carbons (Fsp3) is 0.333. The minimum Gasteiger partial charge on any atom is -0.399 e. The van der Waals surface area contributed by atoms with Crippen LogP contribution in [0.2, 0.25) is 0 Å². The maximum absolute atomic E-state index is 12.0. The summed E-state index contributed by atoms with van der Waals surface area (Å²) in [6, 6.07) is 5.43. The highest BCUT2D eigenvalue weighted by molar-refractivity contribution is 9.10. The number of halogens is 1. The Balaban J connectivity index is 2.15. The summed E-state index contributed by atoms with van der Waals surface area (Å²) in [6.07, 6.45) is 0.272. The Bertz CT molecular complexity index is 507. The molecule has 1 unspecified atom stereocenters. The van der Waals surface area contributed by atoms with Gasteiger partial charge in [-0.25, -0.2) is 0 Å². The maximum Gasteiger partial charge on any atom is 0.243 e. The molecule has 1 aromatic rings. The van der Waals surface area contributed by atoms with Gasteiger partial charge in [-0.05, 0) is 41.1 Å². The summed E-state index contributed by atoms with van der Waals surface area (Å²) in [5, 5.41) is -0.322. The van der Waals surface area contributed by atoms with E-state index in [-0.39, 0.29) is 23.5 Å². The predicted octanol–water partition coefficient (Wildman–Crippen LogP) is 2.27. The number of anilines is 1. The van der Waals surface area contributed by atoms with Gasteiger partial charge in [-0.15, -0.1) is 11.8 Å². The lowest BCUT2D eigenvalue weighted by Crippen LogP contribution is -2.30. The summed E-state index contributed by atoms with van der Waals surface area (Å²) in [5.74, 6) is -0.192. The maximum atomic E-state index is 12.0. The number of carbonyl (C=O) groups excluding carboxylic acids is 2. The number of hydrogen-bond acceptors (Lipinski definition) is 4. The van der Waals surface area contributed by atoms with E-state index < -0.39 is 0 Å². The molecule has 1 aromatic carbocycles. The highest BCUT2D eigenvalue weighted by Gasteiger charge is 2.38. The molecule has 1 atom stereocenters. The van der Waals surface area contributed by atoms with E-state index in [1.807, 2.05) is 13.0 Å². The molecule has 1 heterocycles. The third-order valence-electron chi connectivity index (χ3n) is 2.74. The van der Waals surface area contributed by atoms with Crippen LogP contribution in [0.25, 0.3) is 0 Å². The molecule has 0 aliphatic carbocycles. The van der Waals surface area contributed by atoms with E-state index in [0.29, 0.717) is 12.2 Å². The second kappa shape index (κ2) is 5.32. The Morgan fingerprint density at radius 3 is 2.78 bits per heavy atom. The zero-order chi connectivity index (χ0) is 13.3. The largest absolute Gasteiger partial charge is 0.399 e. The summed E-state index contributed by atoms with van der Waals surface area (Å²) in [4.78, 5) is 25.8. The molecular formula is C12H13BrN2O2S. The van der Waals surface area contributed by atoms with Gasteiger partial charge in [0.15, 0.2) is 0 Å². The van der Waals surface area contributed by atoms with Crippen LogP contribution in [0.15, 0.2) is 27.6 Å². The molecule has 0 spiro atoms. The van der Waals surface area contributed by atoms with Crippen LogP contribution in [0.3, 0.4) is 0 Å². The molecule has 1 aliphatic heterocycles. The number of nitrogen functional groups attached to an aromatic ring is 1. The highest BCUT2D eigenvalue weighted by Crippen LogP contribution is 2.36. The van der Waals surface area contributed by atoms with Gasteiger partial charge in [0.2, 0.25) is 11.8 Å². The summed E-state index contributed by atoms with van der Waals surface area (Å²) < 4.78 is 0.850. The van der Waals surface area contributed by atoms with Crippen LogP contribution in [-0.4, -0.2) is 28.5 Å². The molecule has 4 nitrogen and oxygen atoms in total. The molecule has 0 saturated carbocycles. The van der Waals surface area contributed by atoms with Crippen molar-refractivity contribution in [3.63, 3.8) is 0 Å². The van der Waals surface area contributed by atoms with Crippen LogP contribution in [0.1, 0.15) is 13.3 Å². The molecule has 2 N–H and O–H groups in total. The van der Waals surface area contributed by atoms with E-state index in [2.05, 4.69) is 15.9 Å². The third kappa shape index (κ3) is 2.54. The first-order chi connectivity index (χ1) is 8.52. The van der Waals surface area contributed by atoms with Gasteiger partial charge in [0.25, 0.3) is 0 Å².